The smallest absolute Gasteiger partial charge is 0.134 e. The van der Waals surface area contributed by atoms with Crippen LogP contribution in [-0.4, -0.2) is 16.3 Å². The molecule has 0 unspecified atom stereocenters. The molecule has 0 saturated heterocycles. The quantitative estimate of drug-likeness (QED) is 0.809. The van der Waals surface area contributed by atoms with Crippen LogP contribution in [0.15, 0.2) is 46.9 Å². The Hall–Kier alpha value is -1.36. The predicted octanol–water partition coefficient (Wildman–Crippen LogP) is 2.90. The Morgan fingerprint density at radius 1 is 1.15 bits per heavy atom. The summed E-state index contributed by atoms with van der Waals surface area (Å²) >= 11 is 3.31. The third-order valence-corrected chi connectivity index (χ3v) is 4.43. The van der Waals surface area contributed by atoms with Crippen molar-refractivity contribution in [2.45, 2.75) is 25.1 Å². The minimum Gasteiger partial charge on any atom is -0.506 e. The highest BCUT2D eigenvalue weighted by molar-refractivity contribution is 9.10. The number of phenols is 1. The van der Waals surface area contributed by atoms with E-state index >= 15 is 0 Å². The lowest BCUT2D eigenvalue weighted by Gasteiger charge is -2.18. The van der Waals surface area contributed by atoms with E-state index in [2.05, 4.69) is 27.3 Å². The number of aliphatic hydroxyl groups excluding tert-OH is 1. The number of benzene rings is 2. The summed E-state index contributed by atoms with van der Waals surface area (Å²) in [5, 5.41) is 23.5. The first-order chi connectivity index (χ1) is 9.66. The summed E-state index contributed by atoms with van der Waals surface area (Å²) in [4.78, 5) is 0. The highest BCUT2D eigenvalue weighted by Gasteiger charge is 2.30. The zero-order valence-corrected chi connectivity index (χ0v) is 12.5. The van der Waals surface area contributed by atoms with E-state index in [1.807, 2.05) is 30.3 Å². The molecule has 0 fully saturated rings. The number of aromatic hydroxyl groups is 1. The van der Waals surface area contributed by atoms with Gasteiger partial charge in [-0.2, -0.15) is 0 Å². The molecule has 0 bridgehead atoms. The van der Waals surface area contributed by atoms with Crippen LogP contribution in [0.2, 0.25) is 0 Å². The summed E-state index contributed by atoms with van der Waals surface area (Å²) in [6.07, 6.45) is 0.264. The lowest BCUT2D eigenvalue weighted by Crippen LogP contribution is -2.28. The number of phenolic OH excluding ortho intramolecular Hbond substituents is 1. The van der Waals surface area contributed by atoms with Crippen LogP contribution in [0, 0.1) is 0 Å². The fourth-order valence-electron chi connectivity index (χ4n) is 2.74. The van der Waals surface area contributed by atoms with Crippen LogP contribution >= 0.6 is 15.9 Å². The van der Waals surface area contributed by atoms with Gasteiger partial charge in [0.1, 0.15) is 5.75 Å². The molecule has 3 N–H and O–H groups in total. The van der Waals surface area contributed by atoms with Crippen molar-refractivity contribution in [3.05, 3.63) is 63.6 Å². The molecule has 0 aliphatic heterocycles. The maximum atomic E-state index is 10.2. The maximum Gasteiger partial charge on any atom is 0.134 e. The lowest BCUT2D eigenvalue weighted by atomic mass is 10.1. The van der Waals surface area contributed by atoms with Crippen molar-refractivity contribution in [2.24, 2.45) is 0 Å². The number of rotatable bonds is 3. The minimum absolute atomic E-state index is 0.0791. The van der Waals surface area contributed by atoms with Gasteiger partial charge in [0.15, 0.2) is 0 Å². The minimum atomic E-state index is -0.415. The van der Waals surface area contributed by atoms with Gasteiger partial charge < -0.3 is 15.5 Å². The van der Waals surface area contributed by atoms with E-state index in [4.69, 9.17) is 0 Å². The molecular formula is C16H16BrNO2. The molecule has 0 amide bonds. The molecule has 1 aliphatic carbocycles. The van der Waals surface area contributed by atoms with Gasteiger partial charge in [-0.05, 0) is 33.1 Å². The summed E-state index contributed by atoms with van der Waals surface area (Å²) in [6.45, 7) is 0.515. The molecule has 0 radical (unpaired) electrons. The van der Waals surface area contributed by atoms with Gasteiger partial charge >= 0.3 is 0 Å². The third-order valence-electron chi connectivity index (χ3n) is 3.79. The number of fused-ring (bicyclic) bond motifs is 1. The van der Waals surface area contributed by atoms with Gasteiger partial charge in [0.2, 0.25) is 0 Å². The van der Waals surface area contributed by atoms with E-state index in [0.29, 0.717) is 17.4 Å². The van der Waals surface area contributed by atoms with Crippen molar-refractivity contribution in [1.29, 1.82) is 0 Å². The Balaban J connectivity index is 1.77. The molecule has 0 heterocycles. The third kappa shape index (κ3) is 2.46. The standard InChI is InChI=1S/C16H16BrNO2/c17-13-7-3-5-11(16(13)20)9-18-15-12-6-2-1-4-10(12)8-14(15)19/h1-7,14-15,18-20H,8-9H2/t14-,15+/m0/s1. The molecule has 0 aromatic heterocycles. The van der Waals surface area contributed by atoms with Gasteiger partial charge in [-0.25, -0.2) is 0 Å². The number of hydrogen-bond acceptors (Lipinski definition) is 3. The molecule has 2 aromatic carbocycles. The maximum absolute atomic E-state index is 10.2. The van der Waals surface area contributed by atoms with Crippen LogP contribution in [0.1, 0.15) is 22.7 Å². The number of para-hydroxylation sites is 1. The molecule has 104 valence electrons. The first kappa shape index (κ1) is 13.6. The first-order valence-corrected chi connectivity index (χ1v) is 7.41. The Morgan fingerprint density at radius 3 is 2.80 bits per heavy atom. The molecule has 4 heteroatoms. The fourth-order valence-corrected chi connectivity index (χ4v) is 3.15. The van der Waals surface area contributed by atoms with Crippen LogP contribution in [0.4, 0.5) is 0 Å². The molecule has 3 rings (SSSR count). The van der Waals surface area contributed by atoms with Crippen LogP contribution < -0.4 is 5.32 Å². The number of nitrogens with one attached hydrogen (secondary N) is 1. The monoisotopic (exact) mass is 333 g/mol. The fraction of sp³-hybridized carbons (Fsp3) is 0.250. The normalized spacial score (nSPS) is 20.9. The molecule has 0 saturated carbocycles. The molecular weight excluding hydrogens is 318 g/mol. The highest BCUT2D eigenvalue weighted by Crippen LogP contribution is 2.32. The average Bonchev–Trinajstić information content (AvgIpc) is 2.76. The van der Waals surface area contributed by atoms with Crippen molar-refractivity contribution in [3.63, 3.8) is 0 Å². The Bertz CT molecular complexity index is 630. The average molecular weight is 334 g/mol. The number of hydrogen-bond donors (Lipinski definition) is 3. The van der Waals surface area contributed by atoms with E-state index in [-0.39, 0.29) is 11.8 Å². The largest absolute Gasteiger partial charge is 0.506 e. The molecule has 0 spiro atoms. The van der Waals surface area contributed by atoms with E-state index in [1.165, 1.54) is 5.56 Å². The summed E-state index contributed by atoms with van der Waals surface area (Å²) < 4.78 is 0.684. The zero-order chi connectivity index (χ0) is 14.1. The molecule has 1 aliphatic rings. The predicted molar refractivity (Wildman–Crippen MR) is 81.5 cm³/mol. The van der Waals surface area contributed by atoms with Crippen LogP contribution in [-0.2, 0) is 13.0 Å². The first-order valence-electron chi connectivity index (χ1n) is 6.62. The summed E-state index contributed by atoms with van der Waals surface area (Å²) in [5.74, 6) is 0.251. The highest BCUT2D eigenvalue weighted by atomic mass is 79.9. The summed E-state index contributed by atoms with van der Waals surface area (Å²) in [6, 6.07) is 13.6. The van der Waals surface area contributed by atoms with Gasteiger partial charge in [-0.3, -0.25) is 0 Å². The van der Waals surface area contributed by atoms with Crippen molar-refractivity contribution in [2.75, 3.05) is 0 Å². The number of aliphatic hydroxyl groups is 1. The molecule has 20 heavy (non-hydrogen) atoms. The van der Waals surface area contributed by atoms with Gasteiger partial charge in [-0.1, -0.05) is 36.4 Å². The van der Waals surface area contributed by atoms with Crippen LogP contribution in [0.3, 0.4) is 0 Å². The summed E-state index contributed by atoms with van der Waals surface area (Å²) in [5.41, 5.74) is 3.15. The lowest BCUT2D eigenvalue weighted by molar-refractivity contribution is 0.140. The van der Waals surface area contributed by atoms with Crippen molar-refractivity contribution in [3.8, 4) is 5.75 Å². The van der Waals surface area contributed by atoms with Crippen molar-refractivity contribution >= 4 is 15.9 Å². The second-order valence-electron chi connectivity index (χ2n) is 5.08. The second-order valence-corrected chi connectivity index (χ2v) is 5.93. The molecule has 3 nitrogen and oxygen atoms in total. The van der Waals surface area contributed by atoms with Crippen molar-refractivity contribution < 1.29 is 10.2 Å². The van der Waals surface area contributed by atoms with E-state index < -0.39 is 6.10 Å². The van der Waals surface area contributed by atoms with Crippen LogP contribution in [0.25, 0.3) is 0 Å². The van der Waals surface area contributed by atoms with Gasteiger partial charge in [0.25, 0.3) is 0 Å². The number of halogens is 1. The van der Waals surface area contributed by atoms with Crippen molar-refractivity contribution in [1.82, 2.24) is 5.32 Å². The molecule has 2 atom stereocenters. The Kier molecular flexibility index (Phi) is 3.78. The Labute approximate surface area is 126 Å². The SMILES string of the molecule is Oc1c(Br)cccc1CN[C@@H]1c2ccccc2C[C@@H]1O. The van der Waals surface area contributed by atoms with E-state index in [1.54, 1.807) is 6.07 Å². The zero-order valence-electron chi connectivity index (χ0n) is 10.9. The summed E-state index contributed by atoms with van der Waals surface area (Å²) in [7, 11) is 0. The van der Waals surface area contributed by atoms with Gasteiger partial charge in [0, 0.05) is 18.5 Å². The molecule has 2 aromatic rings. The van der Waals surface area contributed by atoms with Gasteiger partial charge in [-0.15, -0.1) is 0 Å². The van der Waals surface area contributed by atoms with Gasteiger partial charge in [0.05, 0.1) is 16.6 Å². The second kappa shape index (κ2) is 5.56. The van der Waals surface area contributed by atoms with E-state index in [9.17, 15) is 10.2 Å². The van der Waals surface area contributed by atoms with Crippen LogP contribution in [0.5, 0.6) is 5.75 Å². The Morgan fingerprint density at radius 2 is 1.95 bits per heavy atom. The topological polar surface area (TPSA) is 52.5 Å². The van der Waals surface area contributed by atoms with E-state index in [0.717, 1.165) is 11.1 Å².